The Morgan fingerprint density at radius 2 is 1.58 bits per heavy atom. The average molecular weight is 274 g/mol. The summed E-state index contributed by atoms with van der Waals surface area (Å²) in [5, 5.41) is 0. The highest BCUT2D eigenvalue weighted by atomic mass is 16.6. The number of carbonyl (C=O) groups excluding carboxylic acids is 3. The zero-order valence-corrected chi connectivity index (χ0v) is 12.0. The molecule has 0 saturated heterocycles. The van der Waals surface area contributed by atoms with E-state index in [9.17, 15) is 14.4 Å². The Morgan fingerprint density at radius 1 is 0.947 bits per heavy atom. The fourth-order valence-electron chi connectivity index (χ4n) is 1.18. The second kappa shape index (κ2) is 9.18. The molecule has 7 heteroatoms. The van der Waals surface area contributed by atoms with E-state index in [-0.39, 0.29) is 25.6 Å². The lowest BCUT2D eigenvalue weighted by Gasteiger charge is -2.21. The first kappa shape index (κ1) is 17.2. The third kappa shape index (κ3) is 7.28. The maximum absolute atomic E-state index is 11.7. The molecule has 0 atom stereocenters. The van der Waals surface area contributed by atoms with Gasteiger partial charge in [-0.3, -0.25) is 9.59 Å². The summed E-state index contributed by atoms with van der Waals surface area (Å²) < 4.78 is 9.61. The first-order valence-electron chi connectivity index (χ1n) is 6.19. The first-order valence-corrected chi connectivity index (χ1v) is 6.19. The van der Waals surface area contributed by atoms with E-state index in [2.05, 4.69) is 0 Å². The van der Waals surface area contributed by atoms with Crippen molar-refractivity contribution in [2.24, 2.45) is 0 Å². The lowest BCUT2D eigenvalue weighted by molar-refractivity contribution is -0.148. The van der Waals surface area contributed by atoms with Crippen LogP contribution in [0.4, 0.5) is 4.79 Å². The third-order valence-corrected chi connectivity index (χ3v) is 2.21. The molecule has 0 aliphatic heterocycles. The molecule has 0 spiro atoms. The Balaban J connectivity index is 4.13. The van der Waals surface area contributed by atoms with Crippen LogP contribution in [-0.4, -0.2) is 68.2 Å². The number of nitrogens with zero attached hydrogens (tertiary/aromatic N) is 2. The topological polar surface area (TPSA) is 76.2 Å². The van der Waals surface area contributed by atoms with E-state index in [0.29, 0.717) is 6.61 Å². The van der Waals surface area contributed by atoms with E-state index in [0.717, 1.165) is 6.42 Å². The van der Waals surface area contributed by atoms with Crippen molar-refractivity contribution in [2.75, 3.05) is 40.4 Å². The number of hydrogen-bond donors (Lipinski definition) is 0. The van der Waals surface area contributed by atoms with Gasteiger partial charge in [-0.1, -0.05) is 6.92 Å². The van der Waals surface area contributed by atoms with Gasteiger partial charge < -0.3 is 19.3 Å². The Morgan fingerprint density at radius 3 is 2.11 bits per heavy atom. The van der Waals surface area contributed by atoms with Gasteiger partial charge in [-0.2, -0.15) is 0 Å². The van der Waals surface area contributed by atoms with Crippen LogP contribution in [-0.2, 0) is 19.1 Å². The Labute approximate surface area is 113 Å². The molecule has 0 heterocycles. The van der Waals surface area contributed by atoms with Crippen LogP contribution in [0.2, 0.25) is 0 Å². The summed E-state index contributed by atoms with van der Waals surface area (Å²) >= 11 is 0. The number of ether oxygens (including phenoxy) is 2. The molecular weight excluding hydrogens is 252 g/mol. The second-order valence-electron chi connectivity index (χ2n) is 4.03. The SMILES string of the molecule is CCCOC(=O)N(C)CC(=O)N(C)CC(=O)OCC. The molecule has 0 aromatic carbocycles. The molecule has 0 aliphatic rings. The van der Waals surface area contributed by atoms with E-state index in [4.69, 9.17) is 9.47 Å². The highest BCUT2D eigenvalue weighted by Gasteiger charge is 2.18. The Hall–Kier alpha value is -1.79. The molecule has 2 amide bonds. The predicted molar refractivity (Wildman–Crippen MR) is 68.5 cm³/mol. The van der Waals surface area contributed by atoms with Gasteiger partial charge in [0, 0.05) is 14.1 Å². The molecule has 0 aromatic heterocycles. The number of amides is 2. The van der Waals surface area contributed by atoms with Crippen molar-refractivity contribution in [3.63, 3.8) is 0 Å². The smallest absolute Gasteiger partial charge is 0.409 e. The van der Waals surface area contributed by atoms with E-state index >= 15 is 0 Å². The minimum absolute atomic E-state index is 0.134. The minimum atomic E-state index is -0.556. The lowest BCUT2D eigenvalue weighted by atomic mass is 10.4. The summed E-state index contributed by atoms with van der Waals surface area (Å²) in [6.45, 7) is 3.88. The van der Waals surface area contributed by atoms with Crippen molar-refractivity contribution in [1.82, 2.24) is 9.80 Å². The van der Waals surface area contributed by atoms with Crippen molar-refractivity contribution in [2.45, 2.75) is 20.3 Å². The third-order valence-electron chi connectivity index (χ3n) is 2.21. The van der Waals surface area contributed by atoms with Crippen molar-refractivity contribution in [3.05, 3.63) is 0 Å². The second-order valence-corrected chi connectivity index (χ2v) is 4.03. The minimum Gasteiger partial charge on any atom is -0.465 e. The molecule has 0 unspecified atom stereocenters. The molecule has 0 N–H and O–H groups in total. The summed E-state index contributed by atoms with van der Waals surface area (Å²) in [6.07, 6.45) is 0.163. The molecule has 19 heavy (non-hydrogen) atoms. The molecule has 0 radical (unpaired) electrons. The Bertz CT molecular complexity index is 319. The normalized spacial score (nSPS) is 9.68. The molecule has 0 fully saturated rings. The molecule has 0 bridgehead atoms. The van der Waals surface area contributed by atoms with Crippen LogP contribution in [0.5, 0.6) is 0 Å². The summed E-state index contributed by atoms with van der Waals surface area (Å²) in [7, 11) is 2.94. The average Bonchev–Trinajstić information content (AvgIpc) is 2.35. The van der Waals surface area contributed by atoms with Crippen LogP contribution >= 0.6 is 0 Å². The maximum Gasteiger partial charge on any atom is 0.409 e. The number of rotatable bonds is 7. The van der Waals surface area contributed by atoms with E-state index in [1.54, 1.807) is 6.92 Å². The maximum atomic E-state index is 11.7. The zero-order chi connectivity index (χ0) is 14.8. The standard InChI is InChI=1S/C12H22N2O5/c1-5-7-19-12(17)14(4)8-10(15)13(3)9-11(16)18-6-2/h5-9H2,1-4H3. The molecular formula is C12H22N2O5. The van der Waals surface area contributed by atoms with Crippen LogP contribution < -0.4 is 0 Å². The van der Waals surface area contributed by atoms with E-state index < -0.39 is 12.1 Å². The van der Waals surface area contributed by atoms with Crippen molar-refractivity contribution in [1.29, 1.82) is 0 Å². The highest BCUT2D eigenvalue weighted by Crippen LogP contribution is 1.95. The van der Waals surface area contributed by atoms with Gasteiger partial charge in [0.25, 0.3) is 0 Å². The number of hydrogen-bond acceptors (Lipinski definition) is 5. The number of carbonyl (C=O) groups is 3. The lowest BCUT2D eigenvalue weighted by Crippen LogP contribution is -2.41. The van der Waals surface area contributed by atoms with Crippen molar-refractivity contribution in [3.8, 4) is 0 Å². The molecule has 0 saturated carbocycles. The fourth-order valence-corrected chi connectivity index (χ4v) is 1.18. The number of esters is 1. The zero-order valence-electron chi connectivity index (χ0n) is 12.0. The fraction of sp³-hybridized carbons (Fsp3) is 0.750. The van der Waals surface area contributed by atoms with Gasteiger partial charge in [0.1, 0.15) is 13.1 Å². The monoisotopic (exact) mass is 274 g/mol. The van der Waals surface area contributed by atoms with Crippen LogP contribution in [0.25, 0.3) is 0 Å². The van der Waals surface area contributed by atoms with Gasteiger partial charge in [0.2, 0.25) is 5.91 Å². The van der Waals surface area contributed by atoms with Gasteiger partial charge in [-0.25, -0.2) is 4.79 Å². The predicted octanol–water partition coefficient (Wildman–Crippen LogP) is 0.486. The largest absolute Gasteiger partial charge is 0.465 e. The summed E-state index contributed by atoms with van der Waals surface area (Å²) in [4.78, 5) is 36.7. The van der Waals surface area contributed by atoms with E-state index in [1.165, 1.54) is 23.9 Å². The van der Waals surface area contributed by atoms with Gasteiger partial charge in [-0.15, -0.1) is 0 Å². The van der Waals surface area contributed by atoms with Crippen LogP contribution in [0.3, 0.4) is 0 Å². The van der Waals surface area contributed by atoms with Gasteiger partial charge in [-0.05, 0) is 13.3 Å². The van der Waals surface area contributed by atoms with Crippen LogP contribution in [0, 0.1) is 0 Å². The van der Waals surface area contributed by atoms with E-state index in [1.807, 2.05) is 6.92 Å². The first-order chi connectivity index (χ1) is 8.92. The molecule has 0 aromatic rings. The summed E-state index contributed by atoms with van der Waals surface area (Å²) in [6, 6.07) is 0. The van der Waals surface area contributed by atoms with Gasteiger partial charge >= 0.3 is 12.1 Å². The van der Waals surface area contributed by atoms with Crippen LogP contribution in [0.1, 0.15) is 20.3 Å². The molecule has 7 nitrogen and oxygen atoms in total. The molecule has 0 rings (SSSR count). The van der Waals surface area contributed by atoms with Gasteiger partial charge in [0.15, 0.2) is 0 Å². The van der Waals surface area contributed by atoms with Crippen molar-refractivity contribution >= 4 is 18.0 Å². The Kier molecular flexibility index (Phi) is 8.32. The summed E-state index contributed by atoms with van der Waals surface area (Å²) in [5.41, 5.74) is 0. The number of likely N-dealkylation sites (N-methyl/N-ethyl adjacent to an activating group) is 2. The molecule has 0 aliphatic carbocycles. The van der Waals surface area contributed by atoms with Crippen LogP contribution in [0.15, 0.2) is 0 Å². The quantitative estimate of drug-likeness (QED) is 0.631. The molecule has 110 valence electrons. The van der Waals surface area contributed by atoms with Crippen molar-refractivity contribution < 1.29 is 23.9 Å². The highest BCUT2D eigenvalue weighted by molar-refractivity contribution is 5.85. The van der Waals surface area contributed by atoms with Gasteiger partial charge in [0.05, 0.1) is 13.2 Å². The summed E-state index contributed by atoms with van der Waals surface area (Å²) in [5.74, 6) is -0.835.